The van der Waals surface area contributed by atoms with Crippen LogP contribution < -0.4 is 0 Å². The van der Waals surface area contributed by atoms with E-state index in [1.54, 1.807) is 12.1 Å². The van der Waals surface area contributed by atoms with Gasteiger partial charge in [0.05, 0.1) is 5.56 Å². The molecular formula is C10H9ClINO3. The Morgan fingerprint density at radius 2 is 2.12 bits per heavy atom. The molecule has 0 unspecified atom stereocenters. The normalized spacial score (nSPS) is 9.94. The molecule has 0 saturated heterocycles. The maximum atomic E-state index is 11.9. The molecule has 0 fully saturated rings. The zero-order valence-electron chi connectivity index (χ0n) is 8.41. The molecule has 0 aliphatic carbocycles. The van der Waals surface area contributed by atoms with Crippen LogP contribution in [0.25, 0.3) is 0 Å². The summed E-state index contributed by atoms with van der Waals surface area (Å²) >= 11 is 7.79. The average Bonchev–Trinajstić information content (AvgIpc) is 2.19. The van der Waals surface area contributed by atoms with Gasteiger partial charge in [0.25, 0.3) is 5.91 Å². The highest BCUT2D eigenvalue weighted by atomic mass is 127. The molecule has 16 heavy (non-hydrogen) atoms. The summed E-state index contributed by atoms with van der Waals surface area (Å²) in [4.78, 5) is 23.5. The van der Waals surface area contributed by atoms with E-state index >= 15 is 0 Å². The van der Waals surface area contributed by atoms with Crippen LogP contribution in [0.5, 0.6) is 0 Å². The molecule has 0 aromatic heterocycles. The molecule has 0 atom stereocenters. The lowest BCUT2D eigenvalue weighted by molar-refractivity contribution is -0.137. The molecule has 4 nitrogen and oxygen atoms in total. The Bertz CT molecular complexity index is 436. The van der Waals surface area contributed by atoms with Crippen molar-refractivity contribution >= 4 is 46.1 Å². The second kappa shape index (κ2) is 5.49. The monoisotopic (exact) mass is 353 g/mol. The van der Waals surface area contributed by atoms with Crippen molar-refractivity contribution in [1.29, 1.82) is 0 Å². The van der Waals surface area contributed by atoms with E-state index in [4.69, 9.17) is 16.7 Å². The SMILES string of the molecule is CN(CC(=O)O)C(=O)c1cc(Cl)ccc1I. The second-order valence-electron chi connectivity index (χ2n) is 3.18. The largest absolute Gasteiger partial charge is 0.480 e. The Labute approximate surface area is 111 Å². The summed E-state index contributed by atoms with van der Waals surface area (Å²) in [5, 5.41) is 9.03. The summed E-state index contributed by atoms with van der Waals surface area (Å²) in [6.07, 6.45) is 0. The van der Waals surface area contributed by atoms with Gasteiger partial charge in [-0.15, -0.1) is 0 Å². The number of halogens is 2. The van der Waals surface area contributed by atoms with E-state index in [-0.39, 0.29) is 12.5 Å². The van der Waals surface area contributed by atoms with E-state index in [0.29, 0.717) is 10.6 Å². The Kier molecular flexibility index (Phi) is 4.55. The predicted molar refractivity (Wildman–Crippen MR) is 68.8 cm³/mol. The Morgan fingerprint density at radius 1 is 1.50 bits per heavy atom. The number of hydrogen-bond donors (Lipinski definition) is 1. The number of rotatable bonds is 3. The first-order valence-electron chi connectivity index (χ1n) is 4.34. The number of carbonyl (C=O) groups is 2. The van der Waals surface area contributed by atoms with Crippen molar-refractivity contribution in [3.05, 3.63) is 32.4 Å². The number of likely N-dealkylation sites (N-methyl/N-ethyl adjacent to an activating group) is 1. The number of amides is 1. The molecule has 1 N–H and O–H groups in total. The van der Waals surface area contributed by atoms with Crippen LogP contribution in [-0.4, -0.2) is 35.5 Å². The van der Waals surface area contributed by atoms with Crippen LogP contribution in [0.2, 0.25) is 5.02 Å². The van der Waals surface area contributed by atoms with E-state index in [1.807, 2.05) is 22.6 Å². The van der Waals surface area contributed by atoms with Gasteiger partial charge in [0.1, 0.15) is 6.54 Å². The van der Waals surface area contributed by atoms with Crippen LogP contribution in [0.3, 0.4) is 0 Å². The summed E-state index contributed by atoms with van der Waals surface area (Å²) in [6.45, 7) is -0.332. The highest BCUT2D eigenvalue weighted by molar-refractivity contribution is 14.1. The van der Waals surface area contributed by atoms with Gasteiger partial charge in [-0.2, -0.15) is 0 Å². The van der Waals surface area contributed by atoms with Gasteiger partial charge in [0.2, 0.25) is 0 Å². The van der Waals surface area contributed by atoms with Gasteiger partial charge in [-0.25, -0.2) is 0 Å². The summed E-state index contributed by atoms with van der Waals surface area (Å²) in [5.74, 6) is -1.40. The molecular weight excluding hydrogens is 344 g/mol. The van der Waals surface area contributed by atoms with Crippen LogP contribution in [-0.2, 0) is 4.79 Å². The van der Waals surface area contributed by atoms with Gasteiger partial charge in [-0.05, 0) is 40.8 Å². The zero-order valence-corrected chi connectivity index (χ0v) is 11.3. The van der Waals surface area contributed by atoms with Crippen molar-refractivity contribution in [1.82, 2.24) is 4.90 Å². The number of aliphatic carboxylic acids is 1. The van der Waals surface area contributed by atoms with Crippen molar-refractivity contribution in [2.45, 2.75) is 0 Å². The molecule has 86 valence electrons. The number of carboxylic acid groups (broad SMARTS) is 1. The first-order chi connectivity index (χ1) is 7.41. The molecule has 1 aromatic carbocycles. The molecule has 1 aromatic rings. The van der Waals surface area contributed by atoms with E-state index in [1.165, 1.54) is 13.1 Å². The van der Waals surface area contributed by atoms with Gasteiger partial charge < -0.3 is 10.0 Å². The Balaban J connectivity index is 2.95. The van der Waals surface area contributed by atoms with E-state index in [2.05, 4.69) is 0 Å². The minimum atomic E-state index is -1.05. The first-order valence-corrected chi connectivity index (χ1v) is 5.80. The first kappa shape index (κ1) is 13.2. The standard InChI is InChI=1S/C10H9ClINO3/c1-13(5-9(14)15)10(16)7-4-6(11)2-3-8(7)12/h2-4H,5H2,1H3,(H,14,15). The van der Waals surface area contributed by atoms with Crippen molar-refractivity contribution in [2.75, 3.05) is 13.6 Å². The third-order valence-corrected chi connectivity index (χ3v) is 3.05. The summed E-state index contributed by atoms with van der Waals surface area (Å²) in [5.41, 5.74) is 0.414. The van der Waals surface area contributed by atoms with Gasteiger partial charge in [0.15, 0.2) is 0 Å². The molecule has 0 aliphatic heterocycles. The van der Waals surface area contributed by atoms with E-state index in [9.17, 15) is 9.59 Å². The fourth-order valence-corrected chi connectivity index (χ4v) is 1.88. The molecule has 0 heterocycles. The molecule has 0 aliphatic rings. The van der Waals surface area contributed by atoms with Crippen molar-refractivity contribution in [3.63, 3.8) is 0 Å². The molecule has 1 rings (SSSR count). The number of carboxylic acids is 1. The lowest BCUT2D eigenvalue weighted by atomic mass is 10.2. The fourth-order valence-electron chi connectivity index (χ4n) is 1.14. The minimum absolute atomic E-state index is 0.332. The van der Waals surface area contributed by atoms with E-state index in [0.717, 1.165) is 8.47 Å². The zero-order chi connectivity index (χ0) is 12.3. The highest BCUT2D eigenvalue weighted by Crippen LogP contribution is 2.19. The third kappa shape index (κ3) is 3.34. The molecule has 1 amide bonds. The van der Waals surface area contributed by atoms with E-state index < -0.39 is 5.97 Å². The third-order valence-electron chi connectivity index (χ3n) is 1.88. The molecule has 0 saturated carbocycles. The van der Waals surface area contributed by atoms with Gasteiger partial charge in [-0.3, -0.25) is 9.59 Å². The molecule has 6 heteroatoms. The Morgan fingerprint density at radius 3 is 2.69 bits per heavy atom. The average molecular weight is 354 g/mol. The lowest BCUT2D eigenvalue weighted by Crippen LogP contribution is -2.32. The maximum absolute atomic E-state index is 11.9. The van der Waals surface area contributed by atoms with Crippen LogP contribution >= 0.6 is 34.2 Å². The van der Waals surface area contributed by atoms with Gasteiger partial charge in [0, 0.05) is 15.6 Å². The quantitative estimate of drug-likeness (QED) is 0.847. The van der Waals surface area contributed by atoms with Gasteiger partial charge in [-0.1, -0.05) is 11.6 Å². The summed E-state index contributed by atoms with van der Waals surface area (Å²) in [7, 11) is 1.44. The molecule has 0 radical (unpaired) electrons. The summed E-state index contributed by atoms with van der Waals surface area (Å²) in [6, 6.07) is 4.92. The highest BCUT2D eigenvalue weighted by Gasteiger charge is 2.17. The molecule has 0 spiro atoms. The summed E-state index contributed by atoms with van der Waals surface area (Å²) < 4.78 is 0.740. The van der Waals surface area contributed by atoms with Crippen LogP contribution in [0, 0.1) is 3.57 Å². The van der Waals surface area contributed by atoms with Crippen molar-refractivity contribution < 1.29 is 14.7 Å². The topological polar surface area (TPSA) is 57.6 Å². The van der Waals surface area contributed by atoms with Gasteiger partial charge >= 0.3 is 5.97 Å². The minimum Gasteiger partial charge on any atom is -0.480 e. The Hall–Kier alpha value is -0.820. The predicted octanol–water partition coefficient (Wildman–Crippen LogP) is 2.10. The second-order valence-corrected chi connectivity index (χ2v) is 4.78. The smallest absolute Gasteiger partial charge is 0.323 e. The number of hydrogen-bond acceptors (Lipinski definition) is 2. The van der Waals surface area contributed by atoms with Crippen LogP contribution in [0.4, 0.5) is 0 Å². The number of benzene rings is 1. The maximum Gasteiger partial charge on any atom is 0.323 e. The number of carbonyl (C=O) groups excluding carboxylic acids is 1. The van der Waals surface area contributed by atoms with Crippen LogP contribution in [0.15, 0.2) is 18.2 Å². The van der Waals surface area contributed by atoms with Crippen molar-refractivity contribution in [2.24, 2.45) is 0 Å². The molecule has 0 bridgehead atoms. The van der Waals surface area contributed by atoms with Crippen molar-refractivity contribution in [3.8, 4) is 0 Å². The lowest BCUT2D eigenvalue weighted by Gasteiger charge is -2.15. The number of nitrogens with zero attached hydrogens (tertiary/aromatic N) is 1. The fraction of sp³-hybridized carbons (Fsp3) is 0.200. The van der Waals surface area contributed by atoms with Crippen LogP contribution in [0.1, 0.15) is 10.4 Å².